The maximum absolute atomic E-state index is 12.0. The van der Waals surface area contributed by atoms with Crippen molar-refractivity contribution in [2.45, 2.75) is 52.1 Å². The van der Waals surface area contributed by atoms with E-state index in [9.17, 15) is 4.79 Å². The second kappa shape index (κ2) is 7.46. The standard InChI is InChI=1S/C17H26N2O2/c1-12-6-4-8-16(13(12)2)21-11-9-17(20)19-15-7-5-10-18-14(15)3/h4,6,8,14-15,18H,5,7,9-11H2,1-3H3,(H,19,20). The van der Waals surface area contributed by atoms with Crippen LogP contribution in [0.4, 0.5) is 0 Å². The summed E-state index contributed by atoms with van der Waals surface area (Å²) in [5.74, 6) is 0.941. The number of carbonyl (C=O) groups is 1. The van der Waals surface area contributed by atoms with Crippen LogP contribution in [0.15, 0.2) is 18.2 Å². The molecule has 2 atom stereocenters. The van der Waals surface area contributed by atoms with Crippen LogP contribution < -0.4 is 15.4 Å². The average Bonchev–Trinajstić information content (AvgIpc) is 2.46. The van der Waals surface area contributed by atoms with Gasteiger partial charge in [0.05, 0.1) is 13.0 Å². The van der Waals surface area contributed by atoms with Crippen molar-refractivity contribution in [2.24, 2.45) is 0 Å². The predicted octanol–water partition coefficient (Wildman–Crippen LogP) is 2.33. The molecule has 1 aliphatic rings. The third kappa shape index (κ3) is 4.46. The fourth-order valence-electron chi connectivity index (χ4n) is 2.65. The monoisotopic (exact) mass is 290 g/mol. The molecule has 2 rings (SSSR count). The minimum Gasteiger partial charge on any atom is -0.493 e. The third-order valence-electron chi connectivity index (χ3n) is 4.25. The Kier molecular flexibility index (Phi) is 5.62. The quantitative estimate of drug-likeness (QED) is 0.875. The molecule has 0 bridgehead atoms. The van der Waals surface area contributed by atoms with E-state index in [1.807, 2.05) is 19.1 Å². The molecule has 0 radical (unpaired) electrons. The van der Waals surface area contributed by atoms with Crippen LogP contribution in [0.1, 0.15) is 37.3 Å². The summed E-state index contributed by atoms with van der Waals surface area (Å²) in [6.45, 7) is 7.69. The maximum Gasteiger partial charge on any atom is 0.223 e. The van der Waals surface area contributed by atoms with Gasteiger partial charge in [-0.15, -0.1) is 0 Å². The predicted molar refractivity (Wildman–Crippen MR) is 84.7 cm³/mol. The number of aryl methyl sites for hydroxylation is 1. The molecule has 0 saturated carbocycles. The van der Waals surface area contributed by atoms with Gasteiger partial charge in [0.15, 0.2) is 0 Å². The maximum atomic E-state index is 12.0. The van der Waals surface area contributed by atoms with Crippen LogP contribution in [0, 0.1) is 13.8 Å². The summed E-state index contributed by atoms with van der Waals surface area (Å²) in [5.41, 5.74) is 2.35. The van der Waals surface area contributed by atoms with Gasteiger partial charge in [-0.2, -0.15) is 0 Å². The molecule has 0 aliphatic carbocycles. The molecular formula is C17H26N2O2. The molecule has 2 unspecified atom stereocenters. The normalized spacial score (nSPS) is 21.9. The van der Waals surface area contributed by atoms with Crippen molar-refractivity contribution in [1.82, 2.24) is 10.6 Å². The molecule has 4 heteroatoms. The number of nitrogens with one attached hydrogen (secondary N) is 2. The highest BCUT2D eigenvalue weighted by molar-refractivity contribution is 5.76. The highest BCUT2D eigenvalue weighted by Crippen LogP contribution is 2.20. The van der Waals surface area contributed by atoms with E-state index < -0.39 is 0 Å². The molecule has 1 saturated heterocycles. The van der Waals surface area contributed by atoms with E-state index in [1.54, 1.807) is 0 Å². The van der Waals surface area contributed by atoms with E-state index in [1.165, 1.54) is 5.56 Å². The van der Waals surface area contributed by atoms with E-state index in [0.717, 1.165) is 30.7 Å². The van der Waals surface area contributed by atoms with Gasteiger partial charge in [0, 0.05) is 12.1 Å². The first-order valence-electron chi connectivity index (χ1n) is 7.79. The molecule has 1 fully saturated rings. The SMILES string of the molecule is Cc1cccc(OCCC(=O)NC2CCCNC2C)c1C. The first kappa shape index (κ1) is 15.8. The van der Waals surface area contributed by atoms with Crippen LogP contribution in [0.5, 0.6) is 5.75 Å². The molecule has 116 valence electrons. The third-order valence-corrected chi connectivity index (χ3v) is 4.25. The topological polar surface area (TPSA) is 50.4 Å². The van der Waals surface area contributed by atoms with Crippen LogP contribution in [0.3, 0.4) is 0 Å². The Morgan fingerprint density at radius 2 is 2.24 bits per heavy atom. The molecule has 2 N–H and O–H groups in total. The molecule has 0 aromatic heterocycles. The first-order chi connectivity index (χ1) is 10.1. The zero-order valence-corrected chi connectivity index (χ0v) is 13.2. The number of benzene rings is 1. The second-order valence-corrected chi connectivity index (χ2v) is 5.86. The van der Waals surface area contributed by atoms with Gasteiger partial charge in [-0.05, 0) is 57.4 Å². The fourth-order valence-corrected chi connectivity index (χ4v) is 2.65. The second-order valence-electron chi connectivity index (χ2n) is 5.86. The number of ether oxygens (including phenoxy) is 1. The number of amides is 1. The van der Waals surface area contributed by atoms with Crippen LogP contribution >= 0.6 is 0 Å². The van der Waals surface area contributed by atoms with E-state index >= 15 is 0 Å². The van der Waals surface area contributed by atoms with Crippen LogP contribution in [0.2, 0.25) is 0 Å². The summed E-state index contributed by atoms with van der Waals surface area (Å²) in [4.78, 5) is 12.0. The molecule has 1 aromatic rings. The summed E-state index contributed by atoms with van der Waals surface area (Å²) in [7, 11) is 0. The van der Waals surface area contributed by atoms with E-state index in [0.29, 0.717) is 19.1 Å². The highest BCUT2D eigenvalue weighted by atomic mass is 16.5. The van der Waals surface area contributed by atoms with Gasteiger partial charge in [0.1, 0.15) is 5.75 Å². The van der Waals surface area contributed by atoms with E-state index in [2.05, 4.69) is 30.5 Å². The summed E-state index contributed by atoms with van der Waals surface area (Å²) in [6.07, 6.45) is 2.57. The highest BCUT2D eigenvalue weighted by Gasteiger charge is 2.22. The Morgan fingerprint density at radius 3 is 3.00 bits per heavy atom. The lowest BCUT2D eigenvalue weighted by molar-refractivity contribution is -0.122. The van der Waals surface area contributed by atoms with Crippen molar-refractivity contribution in [3.05, 3.63) is 29.3 Å². The molecule has 1 amide bonds. The molecule has 0 spiro atoms. The Morgan fingerprint density at radius 1 is 1.43 bits per heavy atom. The zero-order chi connectivity index (χ0) is 15.2. The molecular weight excluding hydrogens is 264 g/mol. The lowest BCUT2D eigenvalue weighted by Crippen LogP contribution is -2.52. The smallest absolute Gasteiger partial charge is 0.223 e. The first-order valence-corrected chi connectivity index (χ1v) is 7.79. The summed E-state index contributed by atoms with van der Waals surface area (Å²) in [5, 5.41) is 6.49. The summed E-state index contributed by atoms with van der Waals surface area (Å²) in [6, 6.07) is 6.59. The molecule has 1 aliphatic heterocycles. The van der Waals surface area contributed by atoms with E-state index in [4.69, 9.17) is 4.74 Å². The van der Waals surface area contributed by atoms with Gasteiger partial charge >= 0.3 is 0 Å². The Balaban J connectivity index is 1.75. The van der Waals surface area contributed by atoms with Crippen molar-refractivity contribution in [3.8, 4) is 5.75 Å². The average molecular weight is 290 g/mol. The van der Waals surface area contributed by atoms with Gasteiger partial charge in [-0.3, -0.25) is 4.79 Å². The van der Waals surface area contributed by atoms with E-state index in [-0.39, 0.29) is 11.9 Å². The molecule has 21 heavy (non-hydrogen) atoms. The van der Waals surface area contributed by atoms with Gasteiger partial charge in [-0.25, -0.2) is 0 Å². The fraction of sp³-hybridized carbons (Fsp3) is 0.588. The number of hydrogen-bond acceptors (Lipinski definition) is 3. The lowest BCUT2D eigenvalue weighted by atomic mass is 10.00. The number of piperidine rings is 1. The van der Waals surface area contributed by atoms with Gasteiger partial charge < -0.3 is 15.4 Å². The molecule has 4 nitrogen and oxygen atoms in total. The van der Waals surface area contributed by atoms with Crippen molar-refractivity contribution in [3.63, 3.8) is 0 Å². The minimum atomic E-state index is 0.0702. The Bertz CT molecular complexity index is 488. The summed E-state index contributed by atoms with van der Waals surface area (Å²) >= 11 is 0. The number of carbonyl (C=O) groups excluding carboxylic acids is 1. The van der Waals surface area contributed by atoms with Crippen molar-refractivity contribution < 1.29 is 9.53 Å². The Hall–Kier alpha value is -1.55. The number of hydrogen-bond donors (Lipinski definition) is 2. The minimum absolute atomic E-state index is 0.0702. The lowest BCUT2D eigenvalue weighted by Gasteiger charge is -2.30. The van der Waals surface area contributed by atoms with Gasteiger partial charge in [0.2, 0.25) is 5.91 Å². The molecule has 1 heterocycles. The van der Waals surface area contributed by atoms with Gasteiger partial charge in [-0.1, -0.05) is 12.1 Å². The largest absolute Gasteiger partial charge is 0.493 e. The van der Waals surface area contributed by atoms with Crippen LogP contribution in [-0.4, -0.2) is 31.1 Å². The van der Waals surface area contributed by atoms with Crippen molar-refractivity contribution >= 4 is 5.91 Å². The van der Waals surface area contributed by atoms with Crippen LogP contribution in [0.25, 0.3) is 0 Å². The summed E-state index contributed by atoms with van der Waals surface area (Å²) < 4.78 is 5.73. The van der Waals surface area contributed by atoms with Gasteiger partial charge in [0.25, 0.3) is 0 Å². The van der Waals surface area contributed by atoms with Crippen LogP contribution in [-0.2, 0) is 4.79 Å². The van der Waals surface area contributed by atoms with Crippen molar-refractivity contribution in [1.29, 1.82) is 0 Å². The number of rotatable bonds is 5. The van der Waals surface area contributed by atoms with Crippen molar-refractivity contribution in [2.75, 3.05) is 13.2 Å². The Labute approximate surface area is 127 Å². The zero-order valence-electron chi connectivity index (χ0n) is 13.2. The molecule has 1 aromatic carbocycles.